The van der Waals surface area contributed by atoms with Crippen molar-refractivity contribution in [2.24, 2.45) is 17.3 Å². The van der Waals surface area contributed by atoms with E-state index in [0.717, 1.165) is 17.4 Å². The van der Waals surface area contributed by atoms with Crippen molar-refractivity contribution in [1.29, 1.82) is 0 Å². The Morgan fingerprint density at radius 1 is 1.38 bits per heavy atom. The molecule has 1 saturated carbocycles. The van der Waals surface area contributed by atoms with Gasteiger partial charge in [0.2, 0.25) is 0 Å². The first-order chi connectivity index (χ1) is 12.4. The molecule has 0 radical (unpaired) electrons. The van der Waals surface area contributed by atoms with E-state index in [1.165, 1.54) is 18.9 Å². The number of hydrogen-bond acceptors (Lipinski definition) is 2. The van der Waals surface area contributed by atoms with Gasteiger partial charge in [-0.1, -0.05) is 38.8 Å². The van der Waals surface area contributed by atoms with Crippen LogP contribution >= 0.6 is 0 Å². The number of para-hydroxylation sites is 1. The molecular formula is C23H26FNO. The molecule has 136 valence electrons. The molecule has 2 nitrogen and oxygen atoms in total. The van der Waals surface area contributed by atoms with Gasteiger partial charge in [-0.15, -0.1) is 5.92 Å². The predicted octanol–water partition coefficient (Wildman–Crippen LogP) is 5.34. The fourth-order valence-corrected chi connectivity index (χ4v) is 3.47. The van der Waals surface area contributed by atoms with Gasteiger partial charge in [-0.25, -0.2) is 4.39 Å². The zero-order valence-electron chi connectivity index (χ0n) is 15.8. The minimum Gasteiger partial charge on any atom is -0.299 e. The quantitative estimate of drug-likeness (QED) is 0.657. The van der Waals surface area contributed by atoms with Gasteiger partial charge in [0.1, 0.15) is 17.1 Å². The highest BCUT2D eigenvalue weighted by atomic mass is 19.1. The molecule has 0 N–H and O–H groups in total. The maximum absolute atomic E-state index is 13.8. The summed E-state index contributed by atoms with van der Waals surface area (Å²) in [7, 11) is 0. The molecule has 1 aromatic heterocycles. The lowest BCUT2D eigenvalue weighted by Gasteiger charge is -2.28. The Morgan fingerprint density at radius 2 is 2.15 bits per heavy atom. The van der Waals surface area contributed by atoms with Crippen LogP contribution in [-0.4, -0.2) is 10.8 Å². The smallest absolute Gasteiger partial charge is 0.149 e. The lowest BCUT2D eigenvalue weighted by molar-refractivity contribution is -0.127. The van der Waals surface area contributed by atoms with Crippen LogP contribution in [0.25, 0.3) is 10.9 Å². The maximum atomic E-state index is 13.8. The minimum absolute atomic E-state index is 0.189. The Kier molecular flexibility index (Phi) is 5.41. The highest BCUT2D eigenvalue weighted by Crippen LogP contribution is 2.33. The molecule has 0 spiro atoms. The third-order valence-electron chi connectivity index (χ3n) is 4.98. The number of aromatic nitrogens is 1. The Balaban J connectivity index is 1.79. The number of benzene rings is 1. The first-order valence-electron chi connectivity index (χ1n) is 9.42. The van der Waals surface area contributed by atoms with E-state index in [0.29, 0.717) is 30.2 Å². The van der Waals surface area contributed by atoms with E-state index < -0.39 is 5.41 Å². The number of carbonyl (C=O) groups excluding carboxylic acids is 1. The fraction of sp³-hybridized carbons (Fsp3) is 0.478. The molecule has 0 aliphatic heterocycles. The lowest BCUT2D eigenvalue weighted by atomic mass is 9.74. The lowest BCUT2D eigenvalue weighted by Crippen LogP contribution is -2.30. The molecule has 0 saturated heterocycles. The van der Waals surface area contributed by atoms with Gasteiger partial charge in [0.25, 0.3) is 0 Å². The van der Waals surface area contributed by atoms with Gasteiger partial charge in [-0.2, -0.15) is 0 Å². The standard InChI is InChI=1S/C23H26FNO/c1-16(2)14-23(3,11-5-6-17-9-10-17)21(26)13-18-12-19-7-4-8-20(24)22(19)25-15-18/h4,7-8,12,15-17H,9-11,13-14H2,1-3H3. The van der Waals surface area contributed by atoms with Crippen LogP contribution in [0.15, 0.2) is 30.5 Å². The van der Waals surface area contributed by atoms with Crippen LogP contribution < -0.4 is 0 Å². The largest absolute Gasteiger partial charge is 0.299 e. The number of halogens is 1. The van der Waals surface area contributed by atoms with E-state index in [-0.39, 0.29) is 11.6 Å². The molecule has 1 aliphatic rings. The van der Waals surface area contributed by atoms with Crippen LogP contribution in [0.1, 0.15) is 52.0 Å². The number of hydrogen-bond donors (Lipinski definition) is 0. The summed E-state index contributed by atoms with van der Waals surface area (Å²) in [5, 5.41) is 0.731. The molecule has 1 atom stereocenters. The summed E-state index contributed by atoms with van der Waals surface area (Å²) in [4.78, 5) is 17.3. The highest BCUT2D eigenvalue weighted by molar-refractivity contribution is 5.88. The third-order valence-corrected chi connectivity index (χ3v) is 4.98. The Morgan fingerprint density at radius 3 is 2.85 bits per heavy atom. The second-order valence-corrected chi connectivity index (χ2v) is 8.19. The number of carbonyl (C=O) groups is 1. The van der Waals surface area contributed by atoms with Crippen LogP contribution in [-0.2, 0) is 11.2 Å². The first kappa shape index (κ1) is 18.6. The summed E-state index contributed by atoms with van der Waals surface area (Å²) in [5.41, 5.74) is 0.731. The Bertz CT molecular complexity index is 873. The number of fused-ring (bicyclic) bond motifs is 1. The van der Waals surface area contributed by atoms with E-state index in [1.807, 2.05) is 19.1 Å². The van der Waals surface area contributed by atoms with Gasteiger partial charge >= 0.3 is 0 Å². The summed E-state index contributed by atoms with van der Waals surface area (Å²) < 4.78 is 13.8. The normalized spacial score (nSPS) is 16.2. The first-order valence-corrected chi connectivity index (χ1v) is 9.42. The average molecular weight is 351 g/mol. The fourth-order valence-electron chi connectivity index (χ4n) is 3.47. The molecule has 2 aromatic rings. The molecule has 1 fully saturated rings. The zero-order chi connectivity index (χ0) is 18.7. The molecule has 1 heterocycles. The molecule has 0 amide bonds. The van der Waals surface area contributed by atoms with Crippen molar-refractivity contribution >= 4 is 16.7 Å². The molecule has 3 rings (SSSR count). The van der Waals surface area contributed by atoms with Crippen LogP contribution in [0.3, 0.4) is 0 Å². The summed E-state index contributed by atoms with van der Waals surface area (Å²) >= 11 is 0. The van der Waals surface area contributed by atoms with Crippen molar-refractivity contribution in [1.82, 2.24) is 4.98 Å². The van der Waals surface area contributed by atoms with Gasteiger partial charge in [-0.05, 0) is 42.9 Å². The summed E-state index contributed by atoms with van der Waals surface area (Å²) in [6.07, 6.45) is 5.75. The van der Waals surface area contributed by atoms with Gasteiger partial charge in [0.15, 0.2) is 0 Å². The molecule has 26 heavy (non-hydrogen) atoms. The van der Waals surface area contributed by atoms with Gasteiger partial charge in [-0.3, -0.25) is 9.78 Å². The molecule has 1 aromatic carbocycles. The molecule has 1 aliphatic carbocycles. The predicted molar refractivity (Wildman–Crippen MR) is 103 cm³/mol. The van der Waals surface area contributed by atoms with Gasteiger partial charge < -0.3 is 0 Å². The van der Waals surface area contributed by atoms with E-state index in [9.17, 15) is 9.18 Å². The third kappa shape index (κ3) is 4.49. The minimum atomic E-state index is -0.451. The highest BCUT2D eigenvalue weighted by Gasteiger charge is 2.33. The number of nitrogens with zero attached hydrogens (tertiary/aromatic N) is 1. The number of rotatable bonds is 6. The SMILES string of the molecule is CC(C)CC(C)(CC#CC1CC1)C(=O)Cc1cnc2c(F)cccc2c1. The van der Waals surface area contributed by atoms with Crippen molar-refractivity contribution in [2.75, 3.05) is 0 Å². The summed E-state index contributed by atoms with van der Waals surface area (Å²) in [6, 6.07) is 6.77. The van der Waals surface area contributed by atoms with Crippen LogP contribution in [0.2, 0.25) is 0 Å². The molecule has 0 bridgehead atoms. The number of ketones is 1. The van der Waals surface area contributed by atoms with Crippen molar-refractivity contribution in [3.63, 3.8) is 0 Å². The average Bonchev–Trinajstić information content (AvgIpc) is 3.38. The number of Topliss-reactive ketones (excluding diaryl/α,β-unsaturated/α-hetero) is 1. The van der Waals surface area contributed by atoms with Crippen molar-refractivity contribution in [2.45, 2.75) is 52.9 Å². The van der Waals surface area contributed by atoms with Gasteiger partial charge in [0.05, 0.1) is 0 Å². The van der Waals surface area contributed by atoms with E-state index in [2.05, 4.69) is 30.7 Å². The molecule has 3 heteroatoms. The van der Waals surface area contributed by atoms with E-state index in [4.69, 9.17) is 0 Å². The molecular weight excluding hydrogens is 325 g/mol. The van der Waals surface area contributed by atoms with Crippen LogP contribution in [0.4, 0.5) is 4.39 Å². The van der Waals surface area contributed by atoms with E-state index in [1.54, 1.807) is 12.3 Å². The summed E-state index contributed by atoms with van der Waals surface area (Å²) in [5.74, 6) is 7.37. The van der Waals surface area contributed by atoms with Gasteiger partial charge in [0, 0.05) is 35.8 Å². The van der Waals surface area contributed by atoms with Crippen molar-refractivity contribution in [3.8, 4) is 11.8 Å². The Labute approximate surface area is 155 Å². The van der Waals surface area contributed by atoms with Crippen LogP contribution in [0.5, 0.6) is 0 Å². The van der Waals surface area contributed by atoms with Crippen LogP contribution in [0, 0.1) is 34.9 Å². The maximum Gasteiger partial charge on any atom is 0.149 e. The zero-order valence-corrected chi connectivity index (χ0v) is 15.8. The van der Waals surface area contributed by atoms with Crippen molar-refractivity contribution in [3.05, 3.63) is 41.8 Å². The second kappa shape index (κ2) is 7.58. The topological polar surface area (TPSA) is 30.0 Å². The number of pyridine rings is 1. The van der Waals surface area contributed by atoms with Crippen molar-refractivity contribution < 1.29 is 9.18 Å². The second-order valence-electron chi connectivity index (χ2n) is 8.19. The summed E-state index contributed by atoms with van der Waals surface area (Å²) in [6.45, 7) is 6.31. The Hall–Kier alpha value is -2.21. The van der Waals surface area contributed by atoms with E-state index >= 15 is 0 Å². The molecule has 1 unspecified atom stereocenters. The monoisotopic (exact) mass is 351 g/mol.